The molecule has 28 heavy (non-hydrogen) atoms. The summed E-state index contributed by atoms with van der Waals surface area (Å²) in [6.07, 6.45) is 0. The van der Waals surface area contributed by atoms with Crippen LogP contribution in [0, 0.1) is 0 Å². The first-order valence-corrected chi connectivity index (χ1v) is 8.92. The molecule has 1 aliphatic rings. The molecule has 7 nitrogen and oxygen atoms in total. The summed E-state index contributed by atoms with van der Waals surface area (Å²) in [5.41, 5.74) is 0.873. The minimum atomic E-state index is -1.22. The molecule has 0 spiro atoms. The fourth-order valence-corrected chi connectivity index (χ4v) is 2.93. The minimum Gasteiger partial charge on any atom is -0.497 e. The van der Waals surface area contributed by atoms with Crippen molar-refractivity contribution in [1.29, 1.82) is 0 Å². The molecule has 0 bridgehead atoms. The third-order valence-corrected chi connectivity index (χ3v) is 4.43. The van der Waals surface area contributed by atoms with E-state index in [4.69, 9.17) is 21.1 Å². The topological polar surface area (TPSA) is 85.3 Å². The molecule has 2 aromatic carbocycles. The van der Waals surface area contributed by atoms with Crippen LogP contribution < -0.4 is 9.64 Å². The summed E-state index contributed by atoms with van der Waals surface area (Å²) >= 11 is 6.17. The van der Waals surface area contributed by atoms with Crippen molar-refractivity contribution in [3.8, 4) is 5.75 Å². The van der Waals surface area contributed by atoms with Gasteiger partial charge < -0.3 is 9.47 Å². The molecular formula is C20H17ClN2O5. The van der Waals surface area contributed by atoms with Gasteiger partial charge in [-0.05, 0) is 49.4 Å². The number of esters is 1. The van der Waals surface area contributed by atoms with Gasteiger partial charge in [0.25, 0.3) is 11.8 Å². The van der Waals surface area contributed by atoms with Crippen molar-refractivity contribution >= 4 is 46.5 Å². The second-order valence-electron chi connectivity index (χ2n) is 5.81. The lowest BCUT2D eigenvalue weighted by Crippen LogP contribution is -2.31. The van der Waals surface area contributed by atoms with E-state index in [2.05, 4.69) is 4.99 Å². The van der Waals surface area contributed by atoms with E-state index >= 15 is 0 Å². The predicted octanol–water partition coefficient (Wildman–Crippen LogP) is 3.13. The first-order chi connectivity index (χ1) is 13.5. The number of imide groups is 1. The summed E-state index contributed by atoms with van der Waals surface area (Å²) in [6.45, 7) is 1.95. The number of methoxy groups -OCH3 is 1. The Kier molecular flexibility index (Phi) is 5.75. The standard InChI is InChI=1S/C20H17ClN2O5/c1-3-28-20(26)12-5-4-6-13(11-12)22-17-16(21)18(24)23(19(17)25)14-7-9-15(27-2)10-8-14/h4-11,16H,3H2,1-2H3. The lowest BCUT2D eigenvalue weighted by Gasteiger charge is -2.13. The molecule has 0 radical (unpaired) electrons. The van der Waals surface area contributed by atoms with E-state index in [9.17, 15) is 14.4 Å². The molecule has 2 aromatic rings. The Labute approximate surface area is 166 Å². The van der Waals surface area contributed by atoms with E-state index in [1.54, 1.807) is 49.4 Å². The lowest BCUT2D eigenvalue weighted by atomic mass is 10.2. The summed E-state index contributed by atoms with van der Waals surface area (Å²) in [5, 5.41) is -1.22. The molecule has 2 amide bonds. The Bertz CT molecular complexity index is 955. The molecule has 8 heteroatoms. The molecule has 1 heterocycles. The number of halogens is 1. The predicted molar refractivity (Wildman–Crippen MR) is 105 cm³/mol. The number of aliphatic imine (C=N–C) groups is 1. The molecule has 1 fully saturated rings. The van der Waals surface area contributed by atoms with Gasteiger partial charge in [-0.3, -0.25) is 9.59 Å². The summed E-state index contributed by atoms with van der Waals surface area (Å²) in [5.74, 6) is -1.11. The summed E-state index contributed by atoms with van der Waals surface area (Å²) in [4.78, 5) is 42.4. The van der Waals surface area contributed by atoms with Crippen LogP contribution in [0.5, 0.6) is 5.75 Å². The van der Waals surface area contributed by atoms with Crippen molar-refractivity contribution in [3.05, 3.63) is 54.1 Å². The normalized spacial score (nSPS) is 17.9. The second kappa shape index (κ2) is 8.22. The van der Waals surface area contributed by atoms with Crippen molar-refractivity contribution in [2.45, 2.75) is 12.3 Å². The number of hydrogen-bond acceptors (Lipinski definition) is 6. The third-order valence-electron chi connectivity index (χ3n) is 4.04. The van der Waals surface area contributed by atoms with E-state index in [-0.39, 0.29) is 12.3 Å². The molecule has 1 saturated heterocycles. The van der Waals surface area contributed by atoms with Gasteiger partial charge in [0.15, 0.2) is 5.38 Å². The molecule has 1 aliphatic heterocycles. The van der Waals surface area contributed by atoms with Crippen LogP contribution in [-0.2, 0) is 14.3 Å². The molecule has 1 atom stereocenters. The zero-order valence-corrected chi connectivity index (χ0v) is 16.0. The number of hydrogen-bond donors (Lipinski definition) is 0. The number of carbonyl (C=O) groups is 3. The minimum absolute atomic E-state index is 0.108. The van der Waals surface area contributed by atoms with Gasteiger partial charge in [-0.25, -0.2) is 14.7 Å². The molecule has 0 saturated carbocycles. The molecule has 0 N–H and O–H groups in total. The highest BCUT2D eigenvalue weighted by atomic mass is 35.5. The van der Waals surface area contributed by atoms with Gasteiger partial charge in [-0.2, -0.15) is 0 Å². The number of benzene rings is 2. The Morgan fingerprint density at radius 1 is 1.18 bits per heavy atom. The fourth-order valence-electron chi connectivity index (χ4n) is 2.69. The van der Waals surface area contributed by atoms with Crippen LogP contribution in [0.2, 0.25) is 0 Å². The highest BCUT2D eigenvalue weighted by Gasteiger charge is 2.44. The van der Waals surface area contributed by atoms with Gasteiger partial charge in [0, 0.05) is 0 Å². The monoisotopic (exact) mass is 400 g/mol. The van der Waals surface area contributed by atoms with Crippen LogP contribution in [0.25, 0.3) is 0 Å². The molecular weight excluding hydrogens is 384 g/mol. The quantitative estimate of drug-likeness (QED) is 0.437. The van der Waals surface area contributed by atoms with Gasteiger partial charge >= 0.3 is 5.97 Å². The van der Waals surface area contributed by atoms with Gasteiger partial charge in [0.05, 0.1) is 30.7 Å². The molecule has 0 aliphatic carbocycles. The van der Waals surface area contributed by atoms with Gasteiger partial charge in [0.2, 0.25) is 0 Å². The maximum absolute atomic E-state index is 12.8. The van der Waals surface area contributed by atoms with Gasteiger partial charge in [-0.15, -0.1) is 11.6 Å². The van der Waals surface area contributed by atoms with E-state index in [0.29, 0.717) is 22.7 Å². The van der Waals surface area contributed by atoms with Crippen molar-refractivity contribution in [2.75, 3.05) is 18.6 Å². The van der Waals surface area contributed by atoms with Crippen LogP contribution >= 0.6 is 11.6 Å². The number of anilines is 1. The van der Waals surface area contributed by atoms with Crippen molar-refractivity contribution in [1.82, 2.24) is 0 Å². The lowest BCUT2D eigenvalue weighted by molar-refractivity contribution is -0.120. The number of nitrogens with zero attached hydrogens (tertiary/aromatic N) is 2. The van der Waals surface area contributed by atoms with Crippen molar-refractivity contribution in [2.24, 2.45) is 4.99 Å². The van der Waals surface area contributed by atoms with Crippen LogP contribution in [0.15, 0.2) is 53.5 Å². The number of amides is 2. The zero-order chi connectivity index (χ0) is 20.3. The fraction of sp³-hybridized carbons (Fsp3) is 0.200. The van der Waals surface area contributed by atoms with E-state index in [0.717, 1.165) is 4.90 Å². The second-order valence-corrected chi connectivity index (χ2v) is 6.24. The van der Waals surface area contributed by atoms with Gasteiger partial charge in [0.1, 0.15) is 11.5 Å². The Morgan fingerprint density at radius 2 is 1.89 bits per heavy atom. The zero-order valence-electron chi connectivity index (χ0n) is 15.2. The maximum atomic E-state index is 12.8. The first-order valence-electron chi connectivity index (χ1n) is 8.48. The van der Waals surface area contributed by atoms with E-state index in [1.807, 2.05) is 0 Å². The number of alkyl halides is 1. The van der Waals surface area contributed by atoms with E-state index in [1.165, 1.54) is 13.2 Å². The summed E-state index contributed by atoms with van der Waals surface area (Å²) < 4.78 is 10.0. The van der Waals surface area contributed by atoms with Crippen molar-refractivity contribution in [3.63, 3.8) is 0 Å². The van der Waals surface area contributed by atoms with E-state index < -0.39 is 23.2 Å². The van der Waals surface area contributed by atoms with Crippen LogP contribution in [0.3, 0.4) is 0 Å². The third kappa shape index (κ3) is 3.75. The Hall–Kier alpha value is -3.19. The largest absolute Gasteiger partial charge is 0.497 e. The first kappa shape index (κ1) is 19.6. The SMILES string of the molecule is CCOC(=O)c1cccc(N=C2C(=O)N(c3ccc(OC)cc3)C(=O)C2Cl)c1. The number of carbonyl (C=O) groups excluding carboxylic acids is 3. The maximum Gasteiger partial charge on any atom is 0.338 e. The number of rotatable bonds is 5. The smallest absolute Gasteiger partial charge is 0.338 e. The van der Waals surface area contributed by atoms with Crippen molar-refractivity contribution < 1.29 is 23.9 Å². The summed E-state index contributed by atoms with van der Waals surface area (Å²) in [7, 11) is 1.52. The van der Waals surface area contributed by atoms with Gasteiger partial charge in [-0.1, -0.05) is 6.07 Å². The number of ether oxygens (including phenoxy) is 2. The van der Waals surface area contributed by atoms with Crippen LogP contribution in [0.1, 0.15) is 17.3 Å². The highest BCUT2D eigenvalue weighted by molar-refractivity contribution is 6.68. The molecule has 0 aromatic heterocycles. The Morgan fingerprint density at radius 3 is 2.54 bits per heavy atom. The van der Waals surface area contributed by atoms with Crippen LogP contribution in [-0.4, -0.2) is 42.6 Å². The molecule has 1 unspecified atom stereocenters. The molecule has 144 valence electrons. The average molecular weight is 401 g/mol. The highest BCUT2D eigenvalue weighted by Crippen LogP contribution is 2.28. The summed E-state index contributed by atoms with van der Waals surface area (Å²) in [6, 6.07) is 12.7. The molecule has 3 rings (SSSR count). The van der Waals surface area contributed by atoms with Crippen LogP contribution in [0.4, 0.5) is 11.4 Å². The average Bonchev–Trinajstić information content (AvgIpc) is 2.92. The Balaban J connectivity index is 1.92.